The molecule has 0 rings (SSSR count). The molecule has 0 spiro atoms. The van der Waals surface area contributed by atoms with Crippen molar-refractivity contribution >= 4 is 12.0 Å². The number of hydrogen-bond donors (Lipinski definition) is 2. The summed E-state index contributed by atoms with van der Waals surface area (Å²) < 4.78 is 4.84. The minimum atomic E-state index is -0.731. The van der Waals surface area contributed by atoms with Crippen LogP contribution in [0.1, 0.15) is 27.2 Å². The third-order valence-electron chi connectivity index (χ3n) is 1.01. The molecule has 0 aliphatic heterocycles. The van der Waals surface area contributed by atoms with E-state index in [9.17, 15) is 9.59 Å². The Labute approximate surface area is 77.6 Å². The summed E-state index contributed by atoms with van der Waals surface area (Å²) in [5.74, 6) is -0.420. The first-order valence-electron chi connectivity index (χ1n) is 4.08. The molecule has 0 unspecified atom stereocenters. The van der Waals surface area contributed by atoms with Gasteiger partial charge in [-0.3, -0.25) is 10.1 Å². The van der Waals surface area contributed by atoms with E-state index < -0.39 is 17.6 Å². The zero-order chi connectivity index (χ0) is 10.5. The molecule has 0 aromatic heterocycles. The van der Waals surface area contributed by atoms with Gasteiger partial charge in [-0.05, 0) is 20.8 Å². The smallest absolute Gasteiger partial charge is 0.414 e. The molecule has 3 N–H and O–H groups in total. The fourth-order valence-electron chi connectivity index (χ4n) is 0.611. The molecular weight excluding hydrogens is 172 g/mol. The number of amides is 2. The second kappa shape index (κ2) is 4.81. The van der Waals surface area contributed by atoms with E-state index >= 15 is 0 Å². The van der Waals surface area contributed by atoms with E-state index in [1.54, 1.807) is 20.8 Å². The van der Waals surface area contributed by atoms with Gasteiger partial charge in [0, 0.05) is 13.0 Å². The zero-order valence-electron chi connectivity index (χ0n) is 8.22. The number of carbonyl (C=O) groups is 2. The van der Waals surface area contributed by atoms with Gasteiger partial charge >= 0.3 is 6.09 Å². The van der Waals surface area contributed by atoms with Gasteiger partial charge in [0.05, 0.1) is 0 Å². The van der Waals surface area contributed by atoms with E-state index in [2.05, 4.69) is 5.32 Å². The average Bonchev–Trinajstić information content (AvgIpc) is 1.81. The Morgan fingerprint density at radius 2 is 1.92 bits per heavy atom. The van der Waals surface area contributed by atoms with Crippen molar-refractivity contribution in [3.63, 3.8) is 0 Å². The summed E-state index contributed by atoms with van der Waals surface area (Å²) in [6.07, 6.45) is -0.606. The molecule has 0 aromatic carbocycles. The van der Waals surface area contributed by atoms with Crippen molar-refractivity contribution in [3.05, 3.63) is 0 Å². The number of alkyl carbamates (subject to hydrolysis) is 1. The molecule has 76 valence electrons. The molecule has 13 heavy (non-hydrogen) atoms. The summed E-state index contributed by atoms with van der Waals surface area (Å²) in [5.41, 5.74) is 4.53. The lowest BCUT2D eigenvalue weighted by molar-refractivity contribution is -0.120. The molecule has 0 saturated heterocycles. The molecule has 5 heteroatoms. The molecular formula is C8H16N2O3. The van der Waals surface area contributed by atoms with E-state index in [1.165, 1.54) is 0 Å². The number of nitrogens with one attached hydrogen (secondary N) is 1. The van der Waals surface area contributed by atoms with Crippen LogP contribution in [0.3, 0.4) is 0 Å². The fourth-order valence-corrected chi connectivity index (χ4v) is 0.611. The van der Waals surface area contributed by atoms with Crippen molar-refractivity contribution in [2.45, 2.75) is 32.8 Å². The number of ether oxygens (including phenoxy) is 1. The SMILES string of the molecule is CC(C)(C)OC(=O)NC(=O)CCN. The maximum absolute atomic E-state index is 10.9. The first-order chi connectivity index (χ1) is 5.85. The number of rotatable bonds is 2. The molecule has 0 saturated carbocycles. The largest absolute Gasteiger partial charge is 0.444 e. The van der Waals surface area contributed by atoms with E-state index in [4.69, 9.17) is 10.5 Å². The molecule has 0 fully saturated rings. The first-order valence-corrected chi connectivity index (χ1v) is 4.08. The second-order valence-corrected chi connectivity index (χ2v) is 3.59. The summed E-state index contributed by atoms with van der Waals surface area (Å²) in [5, 5.41) is 2.06. The average molecular weight is 188 g/mol. The molecule has 0 aromatic rings. The van der Waals surface area contributed by atoms with Crippen molar-refractivity contribution in [2.24, 2.45) is 5.73 Å². The highest BCUT2D eigenvalue weighted by Crippen LogP contribution is 2.06. The van der Waals surface area contributed by atoms with Crippen LogP contribution in [0.2, 0.25) is 0 Å². The Balaban J connectivity index is 3.82. The number of hydrogen-bond acceptors (Lipinski definition) is 4. The van der Waals surface area contributed by atoms with E-state index in [0.717, 1.165) is 0 Å². The summed E-state index contributed by atoms with van der Waals surface area (Å²) >= 11 is 0. The van der Waals surface area contributed by atoms with Crippen LogP contribution in [0.15, 0.2) is 0 Å². The maximum Gasteiger partial charge on any atom is 0.414 e. The van der Waals surface area contributed by atoms with E-state index in [0.29, 0.717) is 0 Å². The van der Waals surface area contributed by atoms with Gasteiger partial charge in [0.1, 0.15) is 5.60 Å². The van der Waals surface area contributed by atoms with Gasteiger partial charge in [-0.15, -0.1) is 0 Å². The third-order valence-corrected chi connectivity index (χ3v) is 1.01. The lowest BCUT2D eigenvalue weighted by Crippen LogP contribution is -2.36. The van der Waals surface area contributed by atoms with Crippen LogP contribution < -0.4 is 11.1 Å². The summed E-state index contributed by atoms with van der Waals surface area (Å²) in [4.78, 5) is 21.8. The van der Waals surface area contributed by atoms with Gasteiger partial charge in [-0.2, -0.15) is 0 Å². The molecule has 2 amide bonds. The van der Waals surface area contributed by atoms with Crippen LogP contribution >= 0.6 is 0 Å². The van der Waals surface area contributed by atoms with E-state index in [1.807, 2.05) is 0 Å². The predicted molar refractivity (Wildman–Crippen MR) is 48.0 cm³/mol. The van der Waals surface area contributed by atoms with Gasteiger partial charge in [0.2, 0.25) is 5.91 Å². The minimum absolute atomic E-state index is 0.124. The van der Waals surface area contributed by atoms with Crippen LogP contribution in [0.25, 0.3) is 0 Å². The van der Waals surface area contributed by atoms with Gasteiger partial charge in [0.25, 0.3) is 0 Å². The van der Waals surface area contributed by atoms with Crippen molar-refractivity contribution in [1.29, 1.82) is 0 Å². The summed E-state index contributed by atoms with van der Waals surface area (Å²) in [6, 6.07) is 0. The van der Waals surface area contributed by atoms with Crippen LogP contribution in [0.4, 0.5) is 4.79 Å². The summed E-state index contributed by atoms with van der Waals surface area (Å²) in [7, 11) is 0. The van der Waals surface area contributed by atoms with Gasteiger partial charge < -0.3 is 10.5 Å². The molecule has 0 bridgehead atoms. The van der Waals surface area contributed by atoms with Gasteiger partial charge in [-0.25, -0.2) is 4.79 Å². The Morgan fingerprint density at radius 3 is 2.31 bits per heavy atom. The summed E-state index contributed by atoms with van der Waals surface area (Å²) in [6.45, 7) is 5.38. The molecule has 0 aliphatic rings. The van der Waals surface area contributed by atoms with Crippen LogP contribution in [0.5, 0.6) is 0 Å². The number of imide groups is 1. The van der Waals surface area contributed by atoms with Gasteiger partial charge in [0.15, 0.2) is 0 Å². The van der Waals surface area contributed by atoms with Crippen molar-refractivity contribution in [2.75, 3.05) is 6.54 Å². The van der Waals surface area contributed by atoms with Crippen molar-refractivity contribution in [3.8, 4) is 0 Å². The molecule has 0 heterocycles. The minimum Gasteiger partial charge on any atom is -0.444 e. The van der Waals surface area contributed by atoms with Crippen molar-refractivity contribution in [1.82, 2.24) is 5.32 Å². The monoisotopic (exact) mass is 188 g/mol. The highest BCUT2D eigenvalue weighted by molar-refractivity contribution is 5.91. The highest BCUT2D eigenvalue weighted by atomic mass is 16.6. The Hall–Kier alpha value is -1.10. The number of carbonyl (C=O) groups excluding carboxylic acids is 2. The fraction of sp³-hybridized carbons (Fsp3) is 0.750. The van der Waals surface area contributed by atoms with E-state index in [-0.39, 0.29) is 13.0 Å². The van der Waals surface area contributed by atoms with Crippen molar-refractivity contribution < 1.29 is 14.3 Å². The Morgan fingerprint density at radius 1 is 1.38 bits per heavy atom. The highest BCUT2D eigenvalue weighted by Gasteiger charge is 2.17. The lowest BCUT2D eigenvalue weighted by atomic mass is 10.2. The Kier molecular flexibility index (Phi) is 4.40. The predicted octanol–water partition coefficient (Wildman–Crippen LogP) is 0.387. The topological polar surface area (TPSA) is 81.4 Å². The zero-order valence-corrected chi connectivity index (χ0v) is 8.22. The second-order valence-electron chi connectivity index (χ2n) is 3.59. The quantitative estimate of drug-likeness (QED) is 0.656. The first kappa shape index (κ1) is 11.9. The van der Waals surface area contributed by atoms with Gasteiger partial charge in [-0.1, -0.05) is 0 Å². The maximum atomic E-state index is 10.9. The standard InChI is InChI=1S/C8H16N2O3/c1-8(2,3)13-7(12)10-6(11)4-5-9/h4-5,9H2,1-3H3,(H,10,11,12). The molecule has 0 atom stereocenters. The lowest BCUT2D eigenvalue weighted by Gasteiger charge is -2.19. The normalized spacial score (nSPS) is 10.8. The van der Waals surface area contributed by atoms with Crippen LogP contribution in [0, 0.1) is 0 Å². The number of nitrogens with two attached hydrogens (primary N) is 1. The Bertz CT molecular complexity index is 196. The molecule has 5 nitrogen and oxygen atoms in total. The third kappa shape index (κ3) is 7.27. The van der Waals surface area contributed by atoms with Crippen LogP contribution in [-0.2, 0) is 9.53 Å². The molecule has 0 radical (unpaired) electrons. The van der Waals surface area contributed by atoms with Crippen LogP contribution in [-0.4, -0.2) is 24.1 Å². The molecule has 0 aliphatic carbocycles.